The molecular formula is C23H31N5O2. The van der Waals surface area contributed by atoms with Gasteiger partial charge in [0.1, 0.15) is 5.82 Å². The molecule has 30 heavy (non-hydrogen) atoms. The Bertz CT molecular complexity index is 1030. The first kappa shape index (κ1) is 21.7. The fraction of sp³-hybridized carbons (Fsp3) is 0.478. The Kier molecular flexibility index (Phi) is 5.83. The van der Waals surface area contributed by atoms with Gasteiger partial charge < -0.3 is 9.84 Å². The number of benzene rings is 1. The van der Waals surface area contributed by atoms with E-state index in [0.29, 0.717) is 24.0 Å². The molecule has 3 rings (SSSR count). The zero-order valence-corrected chi connectivity index (χ0v) is 18.9. The van der Waals surface area contributed by atoms with Crippen molar-refractivity contribution >= 4 is 11.7 Å². The highest BCUT2D eigenvalue weighted by atomic mass is 16.5. The predicted octanol–water partition coefficient (Wildman–Crippen LogP) is 4.73. The van der Waals surface area contributed by atoms with E-state index >= 15 is 0 Å². The van der Waals surface area contributed by atoms with Gasteiger partial charge in [-0.15, -0.1) is 0 Å². The van der Waals surface area contributed by atoms with Crippen LogP contribution < -0.4 is 5.32 Å². The number of hydrogen-bond donors (Lipinski definition) is 1. The number of carbonyl (C=O) groups excluding carboxylic acids is 1. The van der Waals surface area contributed by atoms with Crippen molar-refractivity contribution < 1.29 is 9.32 Å². The Hall–Kier alpha value is -2.96. The monoisotopic (exact) mass is 409 g/mol. The second kappa shape index (κ2) is 8.05. The lowest BCUT2D eigenvalue weighted by molar-refractivity contribution is -0.116. The largest absolute Gasteiger partial charge is 0.339 e. The van der Waals surface area contributed by atoms with Gasteiger partial charge in [0.2, 0.25) is 11.8 Å². The Morgan fingerprint density at radius 2 is 1.83 bits per heavy atom. The summed E-state index contributed by atoms with van der Waals surface area (Å²) in [6, 6.07) is 9.98. The van der Waals surface area contributed by atoms with E-state index in [9.17, 15) is 4.79 Å². The van der Waals surface area contributed by atoms with Crippen molar-refractivity contribution in [2.24, 2.45) is 0 Å². The molecule has 7 heteroatoms. The van der Waals surface area contributed by atoms with E-state index in [1.54, 1.807) is 4.68 Å². The molecule has 2 aromatic heterocycles. The first-order valence-electron chi connectivity index (χ1n) is 10.2. The van der Waals surface area contributed by atoms with Gasteiger partial charge in [0.25, 0.3) is 0 Å². The number of rotatable bonds is 5. The number of aryl methyl sites for hydroxylation is 2. The maximum Gasteiger partial charge on any atom is 0.227 e. The van der Waals surface area contributed by atoms with Crippen molar-refractivity contribution in [3.63, 3.8) is 0 Å². The highest BCUT2D eigenvalue weighted by Gasteiger charge is 2.23. The maximum absolute atomic E-state index is 12.7. The van der Waals surface area contributed by atoms with Crippen molar-refractivity contribution in [2.45, 2.75) is 72.1 Å². The zero-order valence-electron chi connectivity index (χ0n) is 18.9. The fourth-order valence-electron chi connectivity index (χ4n) is 2.88. The SMILES string of the molecule is Cc1cccc(-n2nc(C(C)(C)C)cc2NC(=O)CCc2nc(C(C)(C)C)no2)c1. The maximum atomic E-state index is 12.7. The van der Waals surface area contributed by atoms with E-state index in [-0.39, 0.29) is 23.2 Å². The van der Waals surface area contributed by atoms with Crippen molar-refractivity contribution in [1.29, 1.82) is 0 Å². The number of anilines is 1. The summed E-state index contributed by atoms with van der Waals surface area (Å²) in [5, 5.41) is 11.8. The minimum absolute atomic E-state index is 0.125. The highest BCUT2D eigenvalue weighted by molar-refractivity contribution is 5.90. The van der Waals surface area contributed by atoms with Gasteiger partial charge >= 0.3 is 0 Å². The molecule has 0 spiro atoms. The molecule has 1 amide bonds. The molecule has 0 aliphatic carbocycles. The number of carbonyl (C=O) groups is 1. The average Bonchev–Trinajstić information content (AvgIpc) is 3.26. The number of aromatic nitrogens is 4. The summed E-state index contributed by atoms with van der Waals surface area (Å²) in [6.45, 7) is 14.4. The lowest BCUT2D eigenvalue weighted by atomic mass is 9.92. The van der Waals surface area contributed by atoms with Crippen LogP contribution in [0.1, 0.15) is 70.9 Å². The van der Waals surface area contributed by atoms with Crippen LogP contribution in [0.5, 0.6) is 0 Å². The molecule has 0 unspecified atom stereocenters. The van der Waals surface area contributed by atoms with Gasteiger partial charge in [-0.2, -0.15) is 10.1 Å². The summed E-state index contributed by atoms with van der Waals surface area (Å²) < 4.78 is 7.08. The van der Waals surface area contributed by atoms with Crippen molar-refractivity contribution in [3.05, 3.63) is 53.3 Å². The van der Waals surface area contributed by atoms with Crippen LogP contribution >= 0.6 is 0 Å². The lowest BCUT2D eigenvalue weighted by Gasteiger charge is -2.14. The molecule has 0 saturated heterocycles. The minimum atomic E-state index is -0.187. The summed E-state index contributed by atoms with van der Waals surface area (Å²) in [5.41, 5.74) is 2.62. The van der Waals surface area contributed by atoms with Gasteiger partial charge in [0.15, 0.2) is 5.82 Å². The molecule has 1 aromatic carbocycles. The molecule has 2 heterocycles. The number of nitrogens with zero attached hydrogens (tertiary/aromatic N) is 4. The summed E-state index contributed by atoms with van der Waals surface area (Å²) in [5.74, 6) is 1.64. The highest BCUT2D eigenvalue weighted by Crippen LogP contribution is 2.27. The Morgan fingerprint density at radius 3 is 2.43 bits per heavy atom. The smallest absolute Gasteiger partial charge is 0.227 e. The van der Waals surface area contributed by atoms with Crippen LogP contribution in [-0.2, 0) is 22.0 Å². The molecule has 0 aliphatic rings. The molecule has 0 atom stereocenters. The zero-order chi connectivity index (χ0) is 22.1. The quantitative estimate of drug-likeness (QED) is 0.658. The fourth-order valence-corrected chi connectivity index (χ4v) is 2.88. The van der Waals surface area contributed by atoms with E-state index in [1.807, 2.05) is 58.0 Å². The number of hydrogen-bond acceptors (Lipinski definition) is 5. The first-order chi connectivity index (χ1) is 13.9. The van der Waals surface area contributed by atoms with E-state index in [0.717, 1.165) is 16.9 Å². The van der Waals surface area contributed by atoms with E-state index in [4.69, 9.17) is 9.62 Å². The Morgan fingerprint density at radius 1 is 1.10 bits per heavy atom. The second-order valence-electron chi connectivity index (χ2n) is 9.73. The Balaban J connectivity index is 1.77. The average molecular weight is 410 g/mol. The molecule has 160 valence electrons. The van der Waals surface area contributed by atoms with Gasteiger partial charge in [0, 0.05) is 29.7 Å². The van der Waals surface area contributed by atoms with Gasteiger partial charge in [-0.1, -0.05) is 58.8 Å². The summed E-state index contributed by atoms with van der Waals surface area (Å²) in [6.07, 6.45) is 0.634. The van der Waals surface area contributed by atoms with Crippen LogP contribution in [0.4, 0.5) is 5.82 Å². The van der Waals surface area contributed by atoms with Crippen LogP contribution in [0.15, 0.2) is 34.9 Å². The molecule has 0 saturated carbocycles. The van der Waals surface area contributed by atoms with Crippen LogP contribution in [0.25, 0.3) is 5.69 Å². The third-order valence-corrected chi connectivity index (χ3v) is 4.70. The standard InChI is InChI=1S/C23H31N5O2/c1-15-9-8-10-16(13-15)28-18(14-17(26-28)22(2,3)4)24-19(29)11-12-20-25-21(27-30-20)23(5,6)7/h8-10,13-14H,11-12H2,1-7H3,(H,24,29). The van der Waals surface area contributed by atoms with E-state index in [2.05, 4.69) is 36.2 Å². The number of nitrogens with one attached hydrogen (secondary N) is 1. The second-order valence-corrected chi connectivity index (χ2v) is 9.73. The first-order valence-corrected chi connectivity index (χ1v) is 10.2. The molecule has 3 aromatic rings. The third kappa shape index (κ3) is 5.14. The third-order valence-electron chi connectivity index (χ3n) is 4.70. The van der Waals surface area contributed by atoms with Crippen molar-refractivity contribution in [2.75, 3.05) is 5.32 Å². The van der Waals surface area contributed by atoms with E-state index < -0.39 is 0 Å². The normalized spacial score (nSPS) is 12.2. The topological polar surface area (TPSA) is 85.8 Å². The predicted molar refractivity (Wildman–Crippen MR) is 117 cm³/mol. The summed E-state index contributed by atoms with van der Waals surface area (Å²) in [4.78, 5) is 17.1. The van der Waals surface area contributed by atoms with Crippen molar-refractivity contribution in [1.82, 2.24) is 19.9 Å². The summed E-state index contributed by atoms with van der Waals surface area (Å²) >= 11 is 0. The minimum Gasteiger partial charge on any atom is -0.339 e. The molecule has 0 aliphatic heterocycles. The summed E-state index contributed by atoms with van der Waals surface area (Å²) in [7, 11) is 0. The van der Waals surface area contributed by atoms with E-state index in [1.165, 1.54) is 0 Å². The molecule has 0 fully saturated rings. The molecule has 1 N–H and O–H groups in total. The van der Waals surface area contributed by atoms with Crippen molar-refractivity contribution in [3.8, 4) is 5.69 Å². The molecule has 0 radical (unpaired) electrons. The Labute approximate surface area is 177 Å². The molecular weight excluding hydrogens is 378 g/mol. The van der Waals surface area contributed by atoms with Crippen LogP contribution in [0.2, 0.25) is 0 Å². The van der Waals surface area contributed by atoms with Crippen LogP contribution in [-0.4, -0.2) is 25.8 Å². The van der Waals surface area contributed by atoms with Gasteiger partial charge in [0.05, 0.1) is 11.4 Å². The van der Waals surface area contributed by atoms with Crippen LogP contribution in [0.3, 0.4) is 0 Å². The number of amides is 1. The lowest BCUT2D eigenvalue weighted by Crippen LogP contribution is -2.16. The van der Waals surface area contributed by atoms with Crippen LogP contribution in [0, 0.1) is 6.92 Å². The van der Waals surface area contributed by atoms with Gasteiger partial charge in [-0.3, -0.25) is 4.79 Å². The van der Waals surface area contributed by atoms with Gasteiger partial charge in [-0.25, -0.2) is 4.68 Å². The molecule has 7 nitrogen and oxygen atoms in total. The molecule has 0 bridgehead atoms. The van der Waals surface area contributed by atoms with Gasteiger partial charge in [-0.05, 0) is 24.6 Å².